The number of hydrogen-bond donors (Lipinski definition) is 1. The van der Waals surface area contributed by atoms with Crippen molar-refractivity contribution in [2.24, 2.45) is 29.6 Å². The van der Waals surface area contributed by atoms with Crippen LogP contribution in [0.5, 0.6) is 0 Å². The van der Waals surface area contributed by atoms with Crippen molar-refractivity contribution in [3.05, 3.63) is 36.5 Å². The monoisotopic (exact) mass is 236 g/mol. The molecule has 5 unspecified atom stereocenters. The number of hydrogen-bond acceptors (Lipinski definition) is 1. The lowest BCUT2D eigenvalue weighted by Gasteiger charge is -2.24. The molecule has 3 aliphatic carbocycles. The third kappa shape index (κ3) is 1.63. The molecule has 5 atom stereocenters. The van der Waals surface area contributed by atoms with E-state index in [-0.39, 0.29) is 13.5 Å². The van der Waals surface area contributed by atoms with Crippen molar-refractivity contribution >= 4 is 19.5 Å². The van der Waals surface area contributed by atoms with E-state index in [9.17, 15) is 4.79 Å². The molecule has 0 amide bonds. The summed E-state index contributed by atoms with van der Waals surface area (Å²) < 4.78 is 0. The van der Waals surface area contributed by atoms with Crippen LogP contribution < -0.4 is 0 Å². The van der Waals surface area contributed by atoms with Gasteiger partial charge in [0.1, 0.15) is 0 Å². The Morgan fingerprint density at radius 3 is 2.69 bits per heavy atom. The molecule has 0 heterocycles. The Morgan fingerprint density at radius 1 is 1.19 bits per heavy atom. The average Bonchev–Trinajstić information content (AvgIpc) is 2.87. The number of carbonyl (C=O) groups is 1. The van der Waals surface area contributed by atoms with Crippen LogP contribution in [-0.2, 0) is 4.79 Å². The molecule has 2 bridgehead atoms. The van der Waals surface area contributed by atoms with E-state index in [0.717, 1.165) is 5.92 Å². The van der Waals surface area contributed by atoms with Crippen molar-refractivity contribution in [1.29, 1.82) is 0 Å². The number of carboxylic acids is 1. The topological polar surface area (TPSA) is 37.3 Å². The molecule has 0 aliphatic heterocycles. The van der Waals surface area contributed by atoms with E-state index in [0.29, 0.717) is 23.7 Å². The van der Waals surface area contributed by atoms with Gasteiger partial charge >= 0.3 is 5.97 Å². The summed E-state index contributed by atoms with van der Waals surface area (Å²) >= 11 is 0. The van der Waals surface area contributed by atoms with Crippen LogP contribution in [0.15, 0.2) is 36.5 Å². The minimum Gasteiger partial charge on any atom is -0.478 e. The molecule has 1 saturated carbocycles. The quantitative estimate of drug-likeness (QED) is 0.590. The lowest BCUT2D eigenvalue weighted by molar-refractivity contribution is -0.131. The molecule has 2 nitrogen and oxygen atoms in total. The fourth-order valence-electron chi connectivity index (χ4n) is 3.48. The Hall–Kier alpha value is -0.960. The zero-order valence-electron chi connectivity index (χ0n) is 8.91. The van der Waals surface area contributed by atoms with Gasteiger partial charge in [0.25, 0.3) is 0 Å². The van der Waals surface area contributed by atoms with Gasteiger partial charge in [0.15, 0.2) is 0 Å². The van der Waals surface area contributed by atoms with Crippen LogP contribution >= 0.6 is 13.5 Å². The number of aliphatic carboxylic acids is 1. The molecule has 1 N–H and O–H groups in total. The zero-order valence-corrected chi connectivity index (χ0v) is 9.91. The highest BCUT2D eigenvalue weighted by molar-refractivity contribution is 7.59. The lowest BCUT2D eigenvalue weighted by atomic mass is 9.80. The SMILES string of the molecule is O=C(O)C=CC1C=CC2C3C=CC(C3)C12.S. The molecular formula is C13H16O2S. The van der Waals surface area contributed by atoms with E-state index in [1.807, 2.05) is 6.08 Å². The van der Waals surface area contributed by atoms with Gasteiger partial charge in [-0.25, -0.2) is 4.79 Å². The predicted molar refractivity (Wildman–Crippen MR) is 67.5 cm³/mol. The average molecular weight is 236 g/mol. The third-order valence-electron chi connectivity index (χ3n) is 4.04. The largest absolute Gasteiger partial charge is 0.478 e. The smallest absolute Gasteiger partial charge is 0.327 e. The van der Waals surface area contributed by atoms with E-state index in [2.05, 4.69) is 24.3 Å². The Balaban J connectivity index is 0.000000963. The van der Waals surface area contributed by atoms with Crippen molar-refractivity contribution < 1.29 is 9.90 Å². The highest BCUT2D eigenvalue weighted by Crippen LogP contribution is 2.55. The molecule has 86 valence electrons. The van der Waals surface area contributed by atoms with Crippen LogP contribution in [0.3, 0.4) is 0 Å². The summed E-state index contributed by atoms with van der Waals surface area (Å²) in [4.78, 5) is 10.5. The van der Waals surface area contributed by atoms with Crippen LogP contribution in [0.2, 0.25) is 0 Å². The standard InChI is InChI=1S/C13H14O2.H2S/c14-12(15)6-4-8-3-5-11-9-1-2-10(7-9)13(8)11;/h1-6,8-11,13H,7H2,(H,14,15);1H2. The van der Waals surface area contributed by atoms with Crippen molar-refractivity contribution in [2.45, 2.75) is 6.42 Å². The molecule has 3 aliphatic rings. The number of allylic oxidation sites excluding steroid dienone is 5. The molecule has 1 fully saturated rings. The highest BCUT2D eigenvalue weighted by atomic mass is 32.1. The van der Waals surface area contributed by atoms with Crippen molar-refractivity contribution in [3.63, 3.8) is 0 Å². The maximum Gasteiger partial charge on any atom is 0.327 e. The van der Waals surface area contributed by atoms with Gasteiger partial charge in [-0.3, -0.25) is 0 Å². The molecule has 0 radical (unpaired) electrons. The van der Waals surface area contributed by atoms with Crippen LogP contribution in [-0.4, -0.2) is 11.1 Å². The van der Waals surface area contributed by atoms with Gasteiger partial charge in [0.05, 0.1) is 0 Å². The molecule has 0 aromatic rings. The Bertz CT molecular complexity index is 383. The predicted octanol–water partition coefficient (Wildman–Crippen LogP) is 2.36. The summed E-state index contributed by atoms with van der Waals surface area (Å²) in [7, 11) is 0. The molecule has 3 rings (SSSR count). The van der Waals surface area contributed by atoms with E-state index in [4.69, 9.17) is 5.11 Å². The summed E-state index contributed by atoms with van der Waals surface area (Å²) in [5, 5.41) is 8.62. The molecule has 0 spiro atoms. The first kappa shape index (κ1) is 11.5. The zero-order chi connectivity index (χ0) is 10.4. The minimum absolute atomic E-state index is 0. The summed E-state index contributed by atoms with van der Waals surface area (Å²) in [6.07, 6.45) is 13.5. The molecule has 0 aromatic carbocycles. The van der Waals surface area contributed by atoms with Gasteiger partial charge in [-0.05, 0) is 36.0 Å². The first-order valence-corrected chi connectivity index (χ1v) is 5.53. The summed E-state index contributed by atoms with van der Waals surface area (Å²) in [5.41, 5.74) is 0. The Labute approximate surface area is 102 Å². The summed E-state index contributed by atoms with van der Waals surface area (Å²) in [5.74, 6) is 2.20. The van der Waals surface area contributed by atoms with E-state index < -0.39 is 5.97 Å². The second kappa shape index (κ2) is 4.13. The first-order chi connectivity index (χ1) is 7.25. The maximum atomic E-state index is 10.5. The molecule has 0 saturated heterocycles. The fourth-order valence-corrected chi connectivity index (χ4v) is 3.48. The van der Waals surface area contributed by atoms with Gasteiger partial charge in [0, 0.05) is 6.08 Å². The van der Waals surface area contributed by atoms with Crippen LogP contribution in [0, 0.1) is 29.6 Å². The van der Waals surface area contributed by atoms with Crippen LogP contribution in [0.1, 0.15) is 6.42 Å². The lowest BCUT2D eigenvalue weighted by Crippen LogP contribution is -2.19. The minimum atomic E-state index is -0.842. The van der Waals surface area contributed by atoms with Gasteiger partial charge < -0.3 is 5.11 Å². The van der Waals surface area contributed by atoms with Crippen LogP contribution in [0.25, 0.3) is 0 Å². The maximum absolute atomic E-state index is 10.5. The van der Waals surface area contributed by atoms with Gasteiger partial charge in [-0.1, -0.05) is 30.4 Å². The fraction of sp³-hybridized carbons (Fsp3) is 0.462. The first-order valence-electron chi connectivity index (χ1n) is 5.53. The van der Waals surface area contributed by atoms with Crippen molar-refractivity contribution in [3.8, 4) is 0 Å². The summed E-state index contributed by atoms with van der Waals surface area (Å²) in [6.45, 7) is 0. The normalized spacial score (nSPS) is 42.6. The molecule has 16 heavy (non-hydrogen) atoms. The Morgan fingerprint density at radius 2 is 1.94 bits per heavy atom. The second-order valence-corrected chi connectivity index (χ2v) is 4.76. The summed E-state index contributed by atoms with van der Waals surface area (Å²) in [6, 6.07) is 0. The Kier molecular flexibility index (Phi) is 2.98. The van der Waals surface area contributed by atoms with Gasteiger partial charge in [0.2, 0.25) is 0 Å². The van der Waals surface area contributed by atoms with Gasteiger partial charge in [-0.2, -0.15) is 13.5 Å². The van der Waals surface area contributed by atoms with Crippen molar-refractivity contribution in [2.75, 3.05) is 0 Å². The molecule has 3 heteroatoms. The second-order valence-electron chi connectivity index (χ2n) is 4.76. The molecule has 0 aromatic heterocycles. The number of fused-ring (bicyclic) bond motifs is 5. The van der Waals surface area contributed by atoms with Crippen molar-refractivity contribution in [1.82, 2.24) is 0 Å². The third-order valence-corrected chi connectivity index (χ3v) is 4.04. The molecular weight excluding hydrogens is 220 g/mol. The van der Waals surface area contributed by atoms with E-state index >= 15 is 0 Å². The van der Waals surface area contributed by atoms with Crippen LogP contribution in [0.4, 0.5) is 0 Å². The number of carboxylic acid groups (broad SMARTS) is 1. The van der Waals surface area contributed by atoms with Gasteiger partial charge in [-0.15, -0.1) is 0 Å². The van der Waals surface area contributed by atoms with E-state index in [1.54, 1.807) is 0 Å². The highest BCUT2D eigenvalue weighted by Gasteiger charge is 2.47. The van der Waals surface area contributed by atoms with E-state index in [1.165, 1.54) is 12.5 Å². The number of rotatable bonds is 2.